The zero-order valence-corrected chi connectivity index (χ0v) is 14.0. The molecule has 1 amide bonds. The van der Waals surface area contributed by atoms with Crippen molar-refractivity contribution in [3.05, 3.63) is 17.0 Å². The number of aromatic nitrogens is 1. The lowest BCUT2D eigenvalue weighted by Crippen LogP contribution is -2.44. The van der Waals surface area contributed by atoms with Gasteiger partial charge < -0.3 is 14.2 Å². The highest BCUT2D eigenvalue weighted by Gasteiger charge is 2.35. The molecular formula is C13H20N4O5S. The number of carbonyl (C=O) groups excluding carboxylic acids is 1. The molecular weight excluding hydrogens is 324 g/mol. The molecule has 3 heterocycles. The summed E-state index contributed by atoms with van der Waals surface area (Å²) in [5.41, 5.74) is 0.777. The fourth-order valence-corrected chi connectivity index (χ4v) is 3.77. The second kappa shape index (κ2) is 6.19. The van der Waals surface area contributed by atoms with Gasteiger partial charge in [0, 0.05) is 52.3 Å². The summed E-state index contributed by atoms with van der Waals surface area (Å²) in [6.07, 6.45) is 0.409. The van der Waals surface area contributed by atoms with Crippen LogP contribution in [0.3, 0.4) is 0 Å². The lowest BCUT2D eigenvalue weighted by Gasteiger charge is -2.29. The minimum atomic E-state index is -3.54. The van der Waals surface area contributed by atoms with Gasteiger partial charge >= 0.3 is 0 Å². The molecule has 2 aliphatic heterocycles. The Balaban J connectivity index is 1.85. The van der Waals surface area contributed by atoms with E-state index in [4.69, 9.17) is 9.26 Å². The fourth-order valence-electron chi connectivity index (χ4n) is 2.70. The van der Waals surface area contributed by atoms with Crippen LogP contribution in [0.15, 0.2) is 4.52 Å². The molecule has 0 aliphatic carbocycles. The molecule has 3 rings (SSSR count). The summed E-state index contributed by atoms with van der Waals surface area (Å²) in [5, 5.41) is 3.89. The number of morpholine rings is 1. The third-order valence-corrected chi connectivity index (χ3v) is 5.97. The zero-order chi connectivity index (χ0) is 16.6. The summed E-state index contributed by atoms with van der Waals surface area (Å²) < 4.78 is 37.6. The molecule has 0 bridgehead atoms. The normalized spacial score (nSPS) is 19.9. The molecule has 10 heteroatoms. The second-order valence-electron chi connectivity index (χ2n) is 5.71. The number of nitrogens with zero attached hydrogens (tertiary/aromatic N) is 4. The highest BCUT2D eigenvalue weighted by atomic mass is 32.2. The van der Waals surface area contributed by atoms with E-state index in [0.29, 0.717) is 50.6 Å². The summed E-state index contributed by atoms with van der Waals surface area (Å²) >= 11 is 0. The SMILES string of the molecule is CN(C)S(=O)(=O)N1CCc2onc(C(=O)N3CCOCC3)c2C1. The Hall–Kier alpha value is -1.49. The van der Waals surface area contributed by atoms with E-state index in [1.165, 1.54) is 18.4 Å². The first-order chi connectivity index (χ1) is 10.9. The van der Waals surface area contributed by atoms with Gasteiger partial charge in [0.2, 0.25) is 0 Å². The number of carbonyl (C=O) groups is 1. The van der Waals surface area contributed by atoms with E-state index >= 15 is 0 Å². The highest BCUT2D eigenvalue weighted by molar-refractivity contribution is 7.86. The Morgan fingerprint density at radius 2 is 1.91 bits per heavy atom. The molecule has 2 aliphatic rings. The second-order valence-corrected chi connectivity index (χ2v) is 7.85. The van der Waals surface area contributed by atoms with E-state index < -0.39 is 10.2 Å². The van der Waals surface area contributed by atoms with E-state index in [0.717, 1.165) is 4.31 Å². The van der Waals surface area contributed by atoms with E-state index in [9.17, 15) is 13.2 Å². The molecule has 1 aromatic heterocycles. The molecule has 23 heavy (non-hydrogen) atoms. The molecule has 128 valence electrons. The first-order valence-electron chi connectivity index (χ1n) is 7.43. The quantitative estimate of drug-likeness (QED) is 0.720. The van der Waals surface area contributed by atoms with Crippen LogP contribution in [-0.4, -0.2) is 79.9 Å². The highest BCUT2D eigenvalue weighted by Crippen LogP contribution is 2.26. The van der Waals surface area contributed by atoms with Gasteiger partial charge in [-0.3, -0.25) is 4.79 Å². The first kappa shape index (κ1) is 16.4. The molecule has 1 aromatic rings. The van der Waals surface area contributed by atoms with Crippen LogP contribution in [-0.2, 0) is 27.9 Å². The largest absolute Gasteiger partial charge is 0.378 e. The summed E-state index contributed by atoms with van der Waals surface area (Å²) in [6.45, 7) is 2.40. The van der Waals surface area contributed by atoms with Gasteiger partial charge in [0.25, 0.3) is 16.1 Å². The minimum absolute atomic E-state index is 0.102. The smallest absolute Gasteiger partial charge is 0.281 e. The lowest BCUT2D eigenvalue weighted by atomic mass is 10.1. The summed E-state index contributed by atoms with van der Waals surface area (Å²) in [4.78, 5) is 14.2. The molecule has 1 saturated heterocycles. The van der Waals surface area contributed by atoms with Crippen LogP contribution in [0.4, 0.5) is 0 Å². The molecule has 0 unspecified atom stereocenters. The predicted molar refractivity (Wildman–Crippen MR) is 79.9 cm³/mol. The molecule has 0 saturated carbocycles. The van der Waals surface area contributed by atoms with E-state index in [1.54, 1.807) is 4.90 Å². The maximum atomic E-state index is 12.6. The number of ether oxygens (including phenoxy) is 1. The standard InChI is InChI=1S/C13H20N4O5S/c1-15(2)23(19,20)17-4-3-11-10(9-17)12(14-22-11)13(18)16-5-7-21-8-6-16/h3-9H2,1-2H3. The lowest BCUT2D eigenvalue weighted by molar-refractivity contribution is 0.0295. The molecule has 9 nitrogen and oxygen atoms in total. The van der Waals surface area contributed by atoms with Crippen molar-refractivity contribution < 1.29 is 22.5 Å². The van der Waals surface area contributed by atoms with Gasteiger partial charge in [-0.05, 0) is 0 Å². The molecule has 0 radical (unpaired) electrons. The summed E-state index contributed by atoms with van der Waals surface area (Å²) in [6, 6.07) is 0. The Labute approximate surface area is 134 Å². The molecule has 0 aromatic carbocycles. The van der Waals surface area contributed by atoms with Gasteiger partial charge in [-0.2, -0.15) is 17.0 Å². The van der Waals surface area contributed by atoms with Crippen molar-refractivity contribution in [3.8, 4) is 0 Å². The molecule has 0 spiro atoms. The van der Waals surface area contributed by atoms with Crippen molar-refractivity contribution in [3.63, 3.8) is 0 Å². The van der Waals surface area contributed by atoms with Gasteiger partial charge in [-0.1, -0.05) is 5.16 Å². The van der Waals surface area contributed by atoms with Gasteiger partial charge in [0.05, 0.1) is 13.2 Å². The van der Waals surface area contributed by atoms with Crippen LogP contribution in [0.2, 0.25) is 0 Å². The summed E-state index contributed by atoms with van der Waals surface area (Å²) in [5.74, 6) is 0.356. The van der Waals surface area contributed by atoms with Crippen molar-refractivity contribution in [1.29, 1.82) is 0 Å². The third kappa shape index (κ3) is 2.99. The average molecular weight is 344 g/mol. The van der Waals surface area contributed by atoms with Crippen molar-refractivity contribution in [2.24, 2.45) is 0 Å². The van der Waals surface area contributed by atoms with Crippen LogP contribution < -0.4 is 0 Å². The zero-order valence-electron chi connectivity index (χ0n) is 13.2. The maximum Gasteiger partial charge on any atom is 0.281 e. The summed E-state index contributed by atoms with van der Waals surface area (Å²) in [7, 11) is -0.567. The number of hydrogen-bond acceptors (Lipinski definition) is 6. The number of fused-ring (bicyclic) bond motifs is 1. The third-order valence-electron chi connectivity index (χ3n) is 4.08. The molecule has 0 atom stereocenters. The van der Waals surface area contributed by atoms with Gasteiger partial charge in [-0.25, -0.2) is 0 Å². The number of amides is 1. The van der Waals surface area contributed by atoms with Crippen molar-refractivity contribution in [2.75, 3.05) is 46.9 Å². The van der Waals surface area contributed by atoms with Crippen LogP contribution >= 0.6 is 0 Å². The van der Waals surface area contributed by atoms with Crippen molar-refractivity contribution in [1.82, 2.24) is 18.7 Å². The van der Waals surface area contributed by atoms with Crippen molar-refractivity contribution >= 4 is 16.1 Å². The Morgan fingerprint density at radius 1 is 1.22 bits per heavy atom. The van der Waals surface area contributed by atoms with Crippen LogP contribution in [0.1, 0.15) is 21.8 Å². The Kier molecular flexibility index (Phi) is 4.41. The van der Waals surface area contributed by atoms with Gasteiger partial charge in [0.1, 0.15) is 5.76 Å². The number of rotatable bonds is 3. The molecule has 0 N–H and O–H groups in total. The van der Waals surface area contributed by atoms with Gasteiger partial charge in [0.15, 0.2) is 5.69 Å². The molecule has 1 fully saturated rings. The Morgan fingerprint density at radius 3 is 2.57 bits per heavy atom. The van der Waals surface area contributed by atoms with Crippen molar-refractivity contribution in [2.45, 2.75) is 13.0 Å². The van der Waals surface area contributed by atoms with E-state index in [2.05, 4.69) is 5.16 Å². The number of hydrogen-bond donors (Lipinski definition) is 0. The van der Waals surface area contributed by atoms with Gasteiger partial charge in [-0.15, -0.1) is 0 Å². The maximum absolute atomic E-state index is 12.6. The van der Waals surface area contributed by atoms with Crippen LogP contribution in [0, 0.1) is 0 Å². The topological polar surface area (TPSA) is 96.2 Å². The Bertz CT molecular complexity index is 693. The van der Waals surface area contributed by atoms with E-state index in [-0.39, 0.29) is 18.1 Å². The van der Waals surface area contributed by atoms with E-state index in [1.807, 2.05) is 0 Å². The first-order valence-corrected chi connectivity index (χ1v) is 8.83. The minimum Gasteiger partial charge on any atom is -0.378 e. The monoisotopic (exact) mass is 344 g/mol. The van der Waals surface area contributed by atoms with Crippen LogP contribution in [0.25, 0.3) is 0 Å². The average Bonchev–Trinajstić information content (AvgIpc) is 2.97. The van der Waals surface area contributed by atoms with Crippen LogP contribution in [0.5, 0.6) is 0 Å². The predicted octanol–water partition coefficient (Wildman–Crippen LogP) is -0.688. The fraction of sp³-hybridized carbons (Fsp3) is 0.692.